The second-order valence-corrected chi connectivity index (χ2v) is 9.10. The molecule has 0 aliphatic carbocycles. The van der Waals surface area contributed by atoms with Crippen LogP contribution in [-0.2, 0) is 13.1 Å². The summed E-state index contributed by atoms with van der Waals surface area (Å²) in [6.45, 7) is 2.55. The lowest BCUT2D eigenvalue weighted by Crippen LogP contribution is -2.42. The van der Waals surface area contributed by atoms with E-state index in [0.717, 1.165) is 43.7 Å². The van der Waals surface area contributed by atoms with Crippen molar-refractivity contribution >= 4 is 17.5 Å². The molecule has 4 heterocycles. The summed E-state index contributed by atoms with van der Waals surface area (Å²) in [5.74, 6) is 1.22. The summed E-state index contributed by atoms with van der Waals surface area (Å²) >= 11 is 6.20. The zero-order chi connectivity index (χ0) is 24.0. The fourth-order valence-electron chi connectivity index (χ4n) is 4.60. The highest BCUT2D eigenvalue weighted by atomic mass is 35.5. The summed E-state index contributed by atoms with van der Waals surface area (Å²) in [5.41, 5.74) is 1.45. The van der Waals surface area contributed by atoms with Gasteiger partial charge in [0.2, 0.25) is 5.95 Å². The molecule has 2 aromatic heterocycles. The van der Waals surface area contributed by atoms with Gasteiger partial charge in [-0.3, -0.25) is 9.47 Å². The minimum atomic E-state index is -4.37. The molecule has 1 aromatic carbocycles. The van der Waals surface area contributed by atoms with Crippen LogP contribution in [0.3, 0.4) is 0 Å². The van der Waals surface area contributed by atoms with Crippen LogP contribution < -0.4 is 4.90 Å². The molecule has 1 fully saturated rings. The van der Waals surface area contributed by atoms with Crippen LogP contribution in [0.15, 0.2) is 30.6 Å². The third-order valence-corrected chi connectivity index (χ3v) is 6.76. The number of aromatic nitrogens is 5. The van der Waals surface area contributed by atoms with Crippen molar-refractivity contribution in [2.24, 2.45) is 0 Å². The van der Waals surface area contributed by atoms with E-state index in [1.165, 1.54) is 4.90 Å². The van der Waals surface area contributed by atoms with Gasteiger partial charge >= 0.3 is 6.18 Å². The molecule has 1 saturated heterocycles. The number of hydrogen-bond acceptors (Lipinski definition) is 6. The Morgan fingerprint density at radius 2 is 1.76 bits per heavy atom. The van der Waals surface area contributed by atoms with E-state index >= 15 is 0 Å². The number of anilines is 1. The summed E-state index contributed by atoms with van der Waals surface area (Å²) in [7, 11) is 0. The molecular weight excluding hydrogens is 474 g/mol. The molecule has 1 atom stereocenters. The highest BCUT2D eigenvalue weighted by molar-refractivity contribution is 6.30. The maximum atomic E-state index is 13.5. The van der Waals surface area contributed by atoms with E-state index in [1.54, 1.807) is 12.1 Å². The van der Waals surface area contributed by atoms with Crippen molar-refractivity contribution in [1.82, 2.24) is 29.6 Å². The largest absolute Gasteiger partial charge is 0.403 e. The molecule has 12 heteroatoms. The maximum absolute atomic E-state index is 13.5. The van der Waals surface area contributed by atoms with E-state index in [0.29, 0.717) is 35.4 Å². The van der Waals surface area contributed by atoms with Crippen LogP contribution >= 0.6 is 11.6 Å². The third kappa shape index (κ3) is 4.34. The Kier molecular flexibility index (Phi) is 5.93. The minimum absolute atomic E-state index is 0.0161. The van der Waals surface area contributed by atoms with Gasteiger partial charge in [0.05, 0.1) is 24.6 Å². The van der Waals surface area contributed by atoms with E-state index in [4.69, 9.17) is 11.6 Å². The Morgan fingerprint density at radius 3 is 2.44 bits per heavy atom. The average molecular weight is 496 g/mol. The number of fused-ring (bicyclic) bond motifs is 3. The molecule has 2 aliphatic rings. The normalized spacial score (nSPS) is 18.4. The molecule has 0 spiro atoms. The second-order valence-electron chi connectivity index (χ2n) is 8.67. The van der Waals surface area contributed by atoms with Crippen LogP contribution in [0.4, 0.5) is 23.5 Å². The van der Waals surface area contributed by atoms with Gasteiger partial charge in [0, 0.05) is 30.6 Å². The maximum Gasteiger partial charge on any atom is 0.403 e. The molecule has 0 saturated carbocycles. The van der Waals surface area contributed by atoms with Gasteiger partial charge in [0.25, 0.3) is 0 Å². The molecule has 0 amide bonds. The molecule has 0 bridgehead atoms. The summed E-state index contributed by atoms with van der Waals surface area (Å²) < 4.78 is 55.7. The molecule has 3 aromatic rings. The quantitative estimate of drug-likeness (QED) is 0.499. The average Bonchev–Trinajstić information content (AvgIpc) is 3.14. The molecule has 7 nitrogen and oxygen atoms in total. The third-order valence-electron chi connectivity index (χ3n) is 6.53. The lowest BCUT2D eigenvalue weighted by atomic mass is 9.95. The van der Waals surface area contributed by atoms with Gasteiger partial charge < -0.3 is 4.90 Å². The molecule has 180 valence electrons. The van der Waals surface area contributed by atoms with E-state index < -0.39 is 18.0 Å². The zero-order valence-electron chi connectivity index (χ0n) is 18.3. The van der Waals surface area contributed by atoms with E-state index in [1.807, 2.05) is 15.5 Å². The first-order valence-electron chi connectivity index (χ1n) is 11.0. The van der Waals surface area contributed by atoms with Crippen LogP contribution in [0.2, 0.25) is 5.02 Å². The Hall–Kier alpha value is -2.79. The second kappa shape index (κ2) is 8.77. The van der Waals surface area contributed by atoms with Crippen LogP contribution in [-0.4, -0.2) is 54.9 Å². The van der Waals surface area contributed by atoms with Crippen molar-refractivity contribution in [2.45, 2.75) is 51.0 Å². The first-order chi connectivity index (χ1) is 16.2. The van der Waals surface area contributed by atoms with Crippen molar-refractivity contribution < 1.29 is 17.6 Å². The van der Waals surface area contributed by atoms with Gasteiger partial charge in [-0.05, 0) is 43.5 Å². The number of piperidine rings is 1. The van der Waals surface area contributed by atoms with Gasteiger partial charge in [-0.15, -0.1) is 10.2 Å². The first kappa shape index (κ1) is 23.0. The van der Waals surface area contributed by atoms with Crippen molar-refractivity contribution in [2.75, 3.05) is 18.0 Å². The summed E-state index contributed by atoms with van der Waals surface area (Å²) in [5, 5.41) is 9.19. The molecule has 2 aliphatic heterocycles. The van der Waals surface area contributed by atoms with Crippen molar-refractivity contribution in [3.05, 3.63) is 58.6 Å². The fourth-order valence-corrected chi connectivity index (χ4v) is 4.80. The number of nitrogens with zero attached hydrogens (tertiary/aromatic N) is 7. The van der Waals surface area contributed by atoms with Gasteiger partial charge in [-0.1, -0.05) is 11.6 Å². The number of alkyl halides is 3. The lowest BCUT2D eigenvalue weighted by Gasteiger charge is -2.31. The monoisotopic (exact) mass is 495 g/mol. The highest BCUT2D eigenvalue weighted by Gasteiger charge is 2.42. The topological polar surface area (TPSA) is 63.0 Å². The smallest absolute Gasteiger partial charge is 0.341 e. The van der Waals surface area contributed by atoms with Crippen LogP contribution in [0.5, 0.6) is 0 Å². The van der Waals surface area contributed by atoms with Crippen molar-refractivity contribution in [3.63, 3.8) is 0 Å². The van der Waals surface area contributed by atoms with Crippen LogP contribution in [0, 0.1) is 5.82 Å². The molecule has 5 rings (SSSR count). The zero-order valence-corrected chi connectivity index (χ0v) is 19.1. The van der Waals surface area contributed by atoms with Crippen molar-refractivity contribution in [1.29, 1.82) is 0 Å². The van der Waals surface area contributed by atoms with Gasteiger partial charge in [0.15, 0.2) is 11.6 Å². The predicted molar refractivity (Wildman–Crippen MR) is 117 cm³/mol. The van der Waals surface area contributed by atoms with Crippen LogP contribution in [0.25, 0.3) is 5.69 Å². The van der Waals surface area contributed by atoms with Crippen molar-refractivity contribution in [3.8, 4) is 5.69 Å². The Morgan fingerprint density at radius 1 is 1.06 bits per heavy atom. The Balaban J connectivity index is 1.45. The van der Waals surface area contributed by atoms with Gasteiger partial charge in [0.1, 0.15) is 11.9 Å². The molecule has 0 N–H and O–H groups in total. The molecule has 34 heavy (non-hydrogen) atoms. The van der Waals surface area contributed by atoms with Gasteiger partial charge in [-0.2, -0.15) is 13.2 Å². The number of rotatable bonds is 3. The molecule has 0 radical (unpaired) electrons. The number of benzene rings is 1. The van der Waals surface area contributed by atoms with Gasteiger partial charge in [-0.25, -0.2) is 14.4 Å². The number of halogens is 5. The molecular formula is C22H22ClF4N7. The summed E-state index contributed by atoms with van der Waals surface area (Å²) in [6, 6.07) is 3.60. The number of hydrogen-bond donors (Lipinski definition) is 0. The fraction of sp³-hybridized carbons (Fsp3) is 0.455. The summed E-state index contributed by atoms with van der Waals surface area (Å²) in [6.07, 6.45) is -0.633. The standard InChI is InChI=1S/C22H22ClF4N7/c1-13(22(25,26)27)33-11-15-8-16(23)2-3-18(15)34-19(12-33)30-31-20(34)14-4-6-32(7-5-14)21-28-9-17(24)10-29-21/h2-3,8-10,13-14H,4-7,11-12H2,1H3. The summed E-state index contributed by atoms with van der Waals surface area (Å²) in [4.78, 5) is 11.4. The minimum Gasteiger partial charge on any atom is -0.341 e. The van der Waals surface area contributed by atoms with Crippen LogP contribution in [0.1, 0.15) is 42.9 Å². The highest BCUT2D eigenvalue weighted by Crippen LogP contribution is 2.36. The first-order valence-corrected chi connectivity index (χ1v) is 11.3. The predicted octanol–water partition coefficient (Wildman–Crippen LogP) is 4.50. The SMILES string of the molecule is CC(N1Cc2cc(Cl)ccc2-n2c(nnc2C2CCN(c3ncc(F)cn3)CC2)C1)C(F)(F)F. The molecule has 1 unspecified atom stereocenters. The Labute approximate surface area is 198 Å². The van der Waals surface area contributed by atoms with E-state index in [2.05, 4.69) is 20.2 Å². The Bertz CT molecular complexity index is 1170. The lowest BCUT2D eigenvalue weighted by molar-refractivity contribution is -0.182. The van der Waals surface area contributed by atoms with E-state index in [-0.39, 0.29) is 19.0 Å². The van der Waals surface area contributed by atoms with E-state index in [9.17, 15) is 17.6 Å².